The van der Waals surface area contributed by atoms with E-state index in [-0.39, 0.29) is 17.7 Å². The molecule has 5 heterocycles. The summed E-state index contributed by atoms with van der Waals surface area (Å²) in [5.41, 5.74) is 4.13. The lowest BCUT2D eigenvalue weighted by atomic mass is 9.83. The van der Waals surface area contributed by atoms with Crippen LogP contribution in [0.4, 0.5) is 5.82 Å². The Hall–Kier alpha value is -3.59. The number of ether oxygens (including phenoxy) is 2. The van der Waals surface area contributed by atoms with E-state index in [0.29, 0.717) is 25.6 Å². The van der Waals surface area contributed by atoms with Crippen molar-refractivity contribution in [2.45, 2.75) is 70.3 Å². The fourth-order valence-electron chi connectivity index (χ4n) is 6.96. The Morgan fingerprint density at radius 1 is 0.976 bits per heavy atom. The summed E-state index contributed by atoms with van der Waals surface area (Å²) in [4.78, 5) is 23.0. The SMILES string of the molecule is CC1(C)C(=O)N(C2CCCCO2)c2nccc(-c3nn(CC4(C)COCCN4Cc4ccccc4)c4ccccc34)c21. The fourth-order valence-corrected chi connectivity index (χ4v) is 6.96. The number of nitrogens with zero attached hydrogens (tertiary/aromatic N) is 5. The van der Waals surface area contributed by atoms with E-state index in [1.54, 1.807) is 4.90 Å². The van der Waals surface area contributed by atoms with Crippen molar-refractivity contribution in [2.24, 2.45) is 0 Å². The maximum absolute atomic E-state index is 13.9. The molecule has 0 N–H and O–H groups in total. The number of pyridine rings is 1. The average Bonchev–Trinajstić information content (AvgIpc) is 3.46. The number of carbonyl (C=O) groups is 1. The molecule has 0 radical (unpaired) electrons. The predicted octanol–water partition coefficient (Wildman–Crippen LogP) is 5.54. The summed E-state index contributed by atoms with van der Waals surface area (Å²) in [6.45, 7) is 10.7. The summed E-state index contributed by atoms with van der Waals surface area (Å²) in [6.07, 6.45) is 4.43. The predicted molar refractivity (Wildman–Crippen MR) is 163 cm³/mol. The van der Waals surface area contributed by atoms with Crippen molar-refractivity contribution in [3.8, 4) is 11.3 Å². The van der Waals surface area contributed by atoms with E-state index < -0.39 is 5.41 Å². The summed E-state index contributed by atoms with van der Waals surface area (Å²) in [5.74, 6) is 0.742. The van der Waals surface area contributed by atoms with Gasteiger partial charge in [-0.1, -0.05) is 48.5 Å². The highest BCUT2D eigenvalue weighted by Crippen LogP contribution is 2.48. The highest BCUT2D eigenvalue weighted by molar-refractivity contribution is 6.10. The zero-order valence-electron chi connectivity index (χ0n) is 24.8. The molecular weight excluding hydrogens is 526 g/mol. The van der Waals surface area contributed by atoms with E-state index in [9.17, 15) is 4.79 Å². The zero-order valence-corrected chi connectivity index (χ0v) is 24.8. The highest BCUT2D eigenvalue weighted by atomic mass is 16.5. The molecule has 42 heavy (non-hydrogen) atoms. The normalized spacial score (nSPS) is 24.3. The number of fused-ring (bicyclic) bond motifs is 2. The lowest BCUT2D eigenvalue weighted by molar-refractivity contribution is -0.125. The molecule has 2 fully saturated rings. The Morgan fingerprint density at radius 2 is 1.79 bits per heavy atom. The van der Waals surface area contributed by atoms with E-state index in [1.165, 1.54) is 5.56 Å². The summed E-state index contributed by atoms with van der Waals surface area (Å²) in [6, 6.07) is 21.1. The number of hydrogen-bond donors (Lipinski definition) is 0. The first-order valence-corrected chi connectivity index (χ1v) is 15.1. The molecule has 0 spiro atoms. The number of benzene rings is 2. The third-order valence-electron chi connectivity index (χ3n) is 9.28. The van der Waals surface area contributed by atoms with Gasteiger partial charge in [-0.15, -0.1) is 0 Å². The minimum absolute atomic E-state index is 0.0384. The van der Waals surface area contributed by atoms with Crippen LogP contribution in [0.1, 0.15) is 51.2 Å². The molecule has 2 unspecified atom stereocenters. The molecule has 8 nitrogen and oxygen atoms in total. The van der Waals surface area contributed by atoms with Crippen molar-refractivity contribution in [2.75, 3.05) is 31.3 Å². The Labute approximate surface area is 247 Å². The van der Waals surface area contributed by atoms with Crippen molar-refractivity contribution < 1.29 is 14.3 Å². The van der Waals surface area contributed by atoms with E-state index in [1.807, 2.05) is 26.1 Å². The summed E-state index contributed by atoms with van der Waals surface area (Å²) < 4.78 is 14.3. The Kier molecular flexibility index (Phi) is 6.88. The van der Waals surface area contributed by atoms with E-state index in [0.717, 1.165) is 66.7 Å². The smallest absolute Gasteiger partial charge is 0.240 e. The molecule has 2 saturated heterocycles. The van der Waals surface area contributed by atoms with E-state index in [2.05, 4.69) is 71.1 Å². The second-order valence-electron chi connectivity index (χ2n) is 12.7. The maximum Gasteiger partial charge on any atom is 0.240 e. The Morgan fingerprint density at radius 3 is 2.60 bits per heavy atom. The van der Waals surface area contributed by atoms with Gasteiger partial charge in [0.25, 0.3) is 0 Å². The minimum Gasteiger partial charge on any atom is -0.378 e. The molecule has 3 aliphatic heterocycles. The van der Waals surface area contributed by atoms with Gasteiger partial charge in [-0.05, 0) is 57.7 Å². The number of amides is 1. The monoisotopic (exact) mass is 565 g/mol. The van der Waals surface area contributed by atoms with Crippen LogP contribution in [-0.4, -0.2) is 63.7 Å². The van der Waals surface area contributed by atoms with Crippen LogP contribution in [0.5, 0.6) is 0 Å². The van der Waals surface area contributed by atoms with Gasteiger partial charge in [-0.25, -0.2) is 4.98 Å². The molecule has 1 amide bonds. The van der Waals surface area contributed by atoms with Crippen molar-refractivity contribution in [3.05, 3.63) is 78.0 Å². The molecule has 0 saturated carbocycles. The molecule has 0 aliphatic carbocycles. The van der Waals surface area contributed by atoms with Crippen LogP contribution in [0.25, 0.3) is 22.2 Å². The van der Waals surface area contributed by atoms with Crippen LogP contribution in [0, 0.1) is 0 Å². The lowest BCUT2D eigenvalue weighted by Gasteiger charge is -2.44. The second kappa shape index (κ2) is 10.6. The number of morpholine rings is 1. The molecule has 2 aromatic heterocycles. The molecule has 0 bridgehead atoms. The number of rotatable bonds is 6. The van der Waals surface area contributed by atoms with Crippen molar-refractivity contribution in [1.29, 1.82) is 0 Å². The van der Waals surface area contributed by atoms with Gasteiger partial charge in [0.1, 0.15) is 17.7 Å². The summed E-state index contributed by atoms with van der Waals surface area (Å²) in [7, 11) is 0. The second-order valence-corrected chi connectivity index (χ2v) is 12.7. The standard InChI is InChI=1S/C34H39N5O3/c1-33(2)29-26(16-17-35-31(29)39(32(33)40)28-15-9-10-19-42-28)30-25-13-7-8-14-27(25)38(36-30)22-34(3)23-41-20-18-37(34)21-24-11-5-4-6-12-24/h4-8,11-14,16-17,28H,9-10,15,18-23H2,1-3H3. The number of anilines is 1. The van der Waals surface area contributed by atoms with Gasteiger partial charge in [-0.3, -0.25) is 19.3 Å². The molecule has 8 heteroatoms. The van der Waals surface area contributed by atoms with Gasteiger partial charge in [0.15, 0.2) is 0 Å². The summed E-state index contributed by atoms with van der Waals surface area (Å²) >= 11 is 0. The quantitative estimate of drug-likeness (QED) is 0.306. The molecule has 7 rings (SSSR count). The minimum atomic E-state index is -0.750. The van der Waals surface area contributed by atoms with E-state index in [4.69, 9.17) is 19.6 Å². The van der Waals surface area contributed by atoms with Gasteiger partial charge in [0, 0.05) is 42.4 Å². The first kappa shape index (κ1) is 27.3. The number of carbonyl (C=O) groups excluding carboxylic acids is 1. The molecule has 4 aromatic rings. The fraction of sp³-hybridized carbons (Fsp3) is 0.441. The number of para-hydroxylation sites is 1. The first-order valence-electron chi connectivity index (χ1n) is 15.1. The molecule has 2 aromatic carbocycles. The number of aromatic nitrogens is 3. The van der Waals surface area contributed by atoms with Crippen LogP contribution in [-0.2, 0) is 32.8 Å². The van der Waals surface area contributed by atoms with Crippen molar-refractivity contribution in [1.82, 2.24) is 19.7 Å². The van der Waals surface area contributed by atoms with Crippen LogP contribution in [0.2, 0.25) is 0 Å². The Balaban J connectivity index is 1.30. The third kappa shape index (κ3) is 4.53. The number of hydrogen-bond acceptors (Lipinski definition) is 6. The maximum atomic E-state index is 13.9. The van der Waals surface area contributed by atoms with Crippen molar-refractivity contribution in [3.63, 3.8) is 0 Å². The van der Waals surface area contributed by atoms with Gasteiger partial charge >= 0.3 is 0 Å². The van der Waals surface area contributed by atoms with Crippen LogP contribution < -0.4 is 4.90 Å². The van der Waals surface area contributed by atoms with E-state index >= 15 is 0 Å². The average molecular weight is 566 g/mol. The van der Waals surface area contributed by atoms with Gasteiger partial charge in [0.05, 0.1) is 36.2 Å². The van der Waals surface area contributed by atoms with Gasteiger partial charge < -0.3 is 9.47 Å². The topological polar surface area (TPSA) is 72.7 Å². The Bertz CT molecular complexity index is 1610. The van der Waals surface area contributed by atoms with Gasteiger partial charge in [0.2, 0.25) is 5.91 Å². The lowest BCUT2D eigenvalue weighted by Crippen LogP contribution is -2.56. The van der Waals surface area contributed by atoms with Crippen LogP contribution >= 0.6 is 0 Å². The highest BCUT2D eigenvalue weighted by Gasteiger charge is 2.50. The molecular formula is C34H39N5O3. The van der Waals surface area contributed by atoms with Gasteiger partial charge in [-0.2, -0.15) is 5.10 Å². The van der Waals surface area contributed by atoms with Crippen LogP contribution in [0.3, 0.4) is 0 Å². The van der Waals surface area contributed by atoms with Crippen molar-refractivity contribution >= 4 is 22.6 Å². The van der Waals surface area contributed by atoms with Crippen LogP contribution in [0.15, 0.2) is 66.9 Å². The molecule has 218 valence electrons. The summed E-state index contributed by atoms with van der Waals surface area (Å²) in [5, 5.41) is 6.36. The third-order valence-corrected chi connectivity index (χ3v) is 9.28. The molecule has 3 aliphatic rings. The zero-order chi connectivity index (χ0) is 28.9. The first-order chi connectivity index (χ1) is 20.4. The molecule has 2 atom stereocenters. The largest absolute Gasteiger partial charge is 0.378 e.